The highest BCUT2D eigenvalue weighted by Gasteiger charge is 2.30. The Hall–Kier alpha value is -2.74. The molecule has 5 nitrogen and oxygen atoms in total. The van der Waals surface area contributed by atoms with E-state index in [-0.39, 0.29) is 22.0 Å². The molecule has 3 aromatic carbocycles. The molecule has 0 unspecified atom stereocenters. The summed E-state index contributed by atoms with van der Waals surface area (Å²) in [7, 11) is -2.53. The lowest BCUT2D eigenvalue weighted by Gasteiger charge is -2.26. The second kappa shape index (κ2) is 10.0. The number of hydrogen-bond donors (Lipinski definition) is 0. The summed E-state index contributed by atoms with van der Waals surface area (Å²) in [6.07, 6.45) is 0. The van der Waals surface area contributed by atoms with E-state index >= 15 is 0 Å². The van der Waals surface area contributed by atoms with Gasteiger partial charge in [0.2, 0.25) is 15.9 Å². The van der Waals surface area contributed by atoms with Gasteiger partial charge >= 0.3 is 0 Å². The monoisotopic (exact) mass is 488 g/mol. The Morgan fingerprint density at radius 2 is 1.64 bits per heavy atom. The van der Waals surface area contributed by atoms with E-state index in [1.807, 2.05) is 32.9 Å². The minimum absolute atomic E-state index is 0.0106. The first-order chi connectivity index (χ1) is 15.5. The van der Waals surface area contributed by atoms with Gasteiger partial charge in [-0.1, -0.05) is 41.4 Å². The van der Waals surface area contributed by atoms with Gasteiger partial charge in [-0.05, 0) is 68.3 Å². The van der Waals surface area contributed by atoms with Crippen LogP contribution in [0.25, 0.3) is 0 Å². The van der Waals surface area contributed by atoms with Crippen LogP contribution in [0.2, 0.25) is 5.02 Å². The second-order valence-electron chi connectivity index (χ2n) is 8.01. The van der Waals surface area contributed by atoms with Crippen molar-refractivity contribution < 1.29 is 17.6 Å². The highest BCUT2D eigenvalue weighted by molar-refractivity contribution is 7.89. The molecule has 1 amide bonds. The number of aryl methyl sites for hydroxylation is 3. The summed E-state index contributed by atoms with van der Waals surface area (Å²) in [5, 5.41) is 0.0917. The van der Waals surface area contributed by atoms with Crippen molar-refractivity contribution in [3.8, 4) is 0 Å². The third-order valence-corrected chi connectivity index (χ3v) is 7.78. The number of amides is 1. The molecule has 0 N–H and O–H groups in total. The summed E-state index contributed by atoms with van der Waals surface area (Å²) in [6, 6.07) is 16.0. The molecule has 0 heterocycles. The predicted octanol–water partition coefficient (Wildman–Crippen LogP) is 5.26. The molecule has 0 spiro atoms. The third kappa shape index (κ3) is 5.61. The van der Waals surface area contributed by atoms with Crippen molar-refractivity contribution in [2.24, 2.45) is 0 Å². The molecule has 0 saturated heterocycles. The number of halogens is 2. The van der Waals surface area contributed by atoms with E-state index in [0.717, 1.165) is 21.0 Å². The van der Waals surface area contributed by atoms with Crippen LogP contribution in [0.3, 0.4) is 0 Å². The van der Waals surface area contributed by atoms with Crippen molar-refractivity contribution in [2.45, 2.75) is 32.2 Å². The summed E-state index contributed by atoms with van der Waals surface area (Å²) < 4.78 is 42.4. The zero-order chi connectivity index (χ0) is 24.3. The van der Waals surface area contributed by atoms with Gasteiger partial charge in [0.25, 0.3) is 0 Å². The van der Waals surface area contributed by atoms with Crippen LogP contribution in [-0.2, 0) is 21.4 Å². The Bertz CT molecular complexity index is 1260. The van der Waals surface area contributed by atoms with Crippen LogP contribution < -0.4 is 4.90 Å². The van der Waals surface area contributed by atoms with Gasteiger partial charge in [-0.2, -0.15) is 4.31 Å². The number of likely N-dealkylation sites (N-methyl/N-ethyl adjacent to an activating group) is 1. The first-order valence-electron chi connectivity index (χ1n) is 10.3. The highest BCUT2D eigenvalue weighted by Crippen LogP contribution is 2.26. The topological polar surface area (TPSA) is 57.7 Å². The number of hydrogen-bond acceptors (Lipinski definition) is 3. The van der Waals surface area contributed by atoms with Gasteiger partial charge in [-0.25, -0.2) is 12.8 Å². The normalized spacial score (nSPS) is 11.6. The number of sulfonamides is 1. The fourth-order valence-electron chi connectivity index (χ4n) is 3.28. The van der Waals surface area contributed by atoms with E-state index in [1.165, 1.54) is 35.2 Å². The smallest absolute Gasteiger partial charge is 0.243 e. The Morgan fingerprint density at radius 3 is 2.24 bits per heavy atom. The maximum atomic E-state index is 14.5. The molecule has 174 valence electrons. The van der Waals surface area contributed by atoms with E-state index in [2.05, 4.69) is 0 Å². The molecule has 3 aromatic rings. The van der Waals surface area contributed by atoms with Crippen LogP contribution in [0.4, 0.5) is 10.1 Å². The fraction of sp³-hybridized carbons (Fsp3) is 0.240. The lowest BCUT2D eigenvalue weighted by molar-refractivity contribution is -0.118. The number of carbonyl (C=O) groups excluding carboxylic acids is 1. The van der Waals surface area contributed by atoms with Gasteiger partial charge in [0.15, 0.2) is 0 Å². The molecule has 0 aromatic heterocycles. The van der Waals surface area contributed by atoms with Crippen molar-refractivity contribution in [3.63, 3.8) is 0 Å². The zero-order valence-corrected chi connectivity index (χ0v) is 20.5. The Kier molecular flexibility index (Phi) is 7.57. The highest BCUT2D eigenvalue weighted by atomic mass is 35.5. The van der Waals surface area contributed by atoms with Gasteiger partial charge in [-0.15, -0.1) is 0 Å². The fourth-order valence-corrected chi connectivity index (χ4v) is 4.86. The minimum atomic E-state index is -4.11. The molecule has 0 aliphatic carbocycles. The first kappa shape index (κ1) is 24.9. The average molecular weight is 489 g/mol. The summed E-state index contributed by atoms with van der Waals surface area (Å²) in [6.45, 7) is 4.88. The van der Waals surface area contributed by atoms with Crippen molar-refractivity contribution >= 4 is 33.2 Å². The number of anilines is 1. The minimum Gasteiger partial charge on any atom is -0.314 e. The van der Waals surface area contributed by atoms with Crippen molar-refractivity contribution in [3.05, 3.63) is 93.8 Å². The van der Waals surface area contributed by atoms with E-state index in [1.54, 1.807) is 25.2 Å². The maximum Gasteiger partial charge on any atom is 0.243 e. The van der Waals surface area contributed by atoms with Gasteiger partial charge in [0.05, 0.1) is 11.4 Å². The predicted molar refractivity (Wildman–Crippen MR) is 130 cm³/mol. The lowest BCUT2D eigenvalue weighted by atomic mass is 10.1. The molecular formula is C25H26ClFN2O3S. The largest absolute Gasteiger partial charge is 0.314 e. The zero-order valence-electron chi connectivity index (χ0n) is 19.0. The summed E-state index contributed by atoms with van der Waals surface area (Å²) >= 11 is 6.16. The lowest BCUT2D eigenvalue weighted by Crippen LogP contribution is -2.41. The van der Waals surface area contributed by atoms with Crippen LogP contribution >= 0.6 is 11.6 Å². The number of benzene rings is 3. The standard InChI is InChI=1S/C25H26ClFN2O3S/c1-17-8-12-21(13-9-17)33(31,32)29(15-22-23(26)6-5-7-24(22)27)16-25(30)28(4)20-11-10-18(2)19(3)14-20/h5-14H,15-16H2,1-4H3. The molecule has 0 aliphatic rings. The van der Waals surface area contributed by atoms with Crippen LogP contribution in [0.1, 0.15) is 22.3 Å². The molecule has 0 aliphatic heterocycles. The number of rotatable bonds is 7. The van der Waals surface area contributed by atoms with Crippen LogP contribution in [0.5, 0.6) is 0 Å². The van der Waals surface area contributed by atoms with E-state index in [4.69, 9.17) is 11.6 Å². The molecule has 0 atom stereocenters. The van der Waals surface area contributed by atoms with Crippen molar-refractivity contribution in [1.29, 1.82) is 0 Å². The Balaban J connectivity index is 1.98. The molecule has 3 rings (SSSR count). The summed E-state index contributed by atoms with van der Waals surface area (Å²) in [4.78, 5) is 14.5. The van der Waals surface area contributed by atoms with Gasteiger partial charge in [0.1, 0.15) is 5.82 Å². The van der Waals surface area contributed by atoms with Crippen LogP contribution in [0, 0.1) is 26.6 Å². The number of carbonyl (C=O) groups is 1. The van der Waals surface area contributed by atoms with Crippen molar-refractivity contribution in [2.75, 3.05) is 18.5 Å². The molecule has 8 heteroatoms. The van der Waals surface area contributed by atoms with Gasteiger partial charge in [0, 0.05) is 29.9 Å². The molecule has 0 fully saturated rings. The van der Waals surface area contributed by atoms with Crippen LogP contribution in [-0.4, -0.2) is 32.2 Å². The van der Waals surface area contributed by atoms with Crippen LogP contribution in [0.15, 0.2) is 65.6 Å². The van der Waals surface area contributed by atoms with E-state index < -0.39 is 28.3 Å². The Labute approximate surface area is 199 Å². The first-order valence-corrected chi connectivity index (χ1v) is 12.2. The maximum absolute atomic E-state index is 14.5. The third-order valence-electron chi connectivity index (χ3n) is 5.62. The van der Waals surface area contributed by atoms with Gasteiger partial charge < -0.3 is 4.90 Å². The molecular weight excluding hydrogens is 463 g/mol. The quantitative estimate of drug-likeness (QED) is 0.456. The number of nitrogens with zero attached hydrogens (tertiary/aromatic N) is 2. The van der Waals surface area contributed by atoms with E-state index in [9.17, 15) is 17.6 Å². The summed E-state index contributed by atoms with van der Waals surface area (Å²) in [5.74, 6) is -1.09. The molecule has 33 heavy (non-hydrogen) atoms. The SMILES string of the molecule is Cc1ccc(S(=O)(=O)N(CC(=O)N(C)c2ccc(C)c(C)c2)Cc2c(F)cccc2Cl)cc1. The van der Waals surface area contributed by atoms with Crippen molar-refractivity contribution in [1.82, 2.24) is 4.31 Å². The second-order valence-corrected chi connectivity index (χ2v) is 10.4. The summed E-state index contributed by atoms with van der Waals surface area (Å²) in [5.41, 5.74) is 3.63. The van der Waals surface area contributed by atoms with Gasteiger partial charge in [-0.3, -0.25) is 4.79 Å². The average Bonchev–Trinajstić information content (AvgIpc) is 2.77. The van der Waals surface area contributed by atoms with E-state index in [0.29, 0.717) is 5.69 Å². The Morgan fingerprint density at radius 1 is 0.970 bits per heavy atom. The molecule has 0 saturated carbocycles. The molecule has 0 bridgehead atoms. The molecule has 0 radical (unpaired) electrons.